The van der Waals surface area contributed by atoms with Gasteiger partial charge < -0.3 is 15.4 Å². The van der Waals surface area contributed by atoms with Crippen LogP contribution in [0.1, 0.15) is 19.8 Å². The Morgan fingerprint density at radius 2 is 2.47 bits per heavy atom. The average Bonchev–Trinajstić information content (AvgIpc) is 2.64. The van der Waals surface area contributed by atoms with Crippen molar-refractivity contribution in [1.29, 1.82) is 5.26 Å². The Kier molecular flexibility index (Phi) is 3.66. The van der Waals surface area contributed by atoms with E-state index in [1.54, 1.807) is 7.05 Å². The van der Waals surface area contributed by atoms with E-state index in [0.717, 1.165) is 0 Å². The van der Waals surface area contributed by atoms with Crippen molar-refractivity contribution in [3.05, 3.63) is 0 Å². The lowest BCUT2D eigenvalue weighted by atomic mass is 9.97. The van der Waals surface area contributed by atoms with E-state index in [0.29, 0.717) is 19.4 Å². The van der Waals surface area contributed by atoms with E-state index in [9.17, 15) is 4.79 Å². The van der Waals surface area contributed by atoms with Gasteiger partial charge in [0.2, 0.25) is 5.91 Å². The molecule has 1 aliphatic heterocycles. The van der Waals surface area contributed by atoms with Crippen LogP contribution < -0.4 is 5.73 Å². The molecule has 1 heterocycles. The molecule has 0 radical (unpaired) electrons. The number of rotatable bonds is 3. The highest BCUT2D eigenvalue weighted by molar-refractivity contribution is 5.86. The van der Waals surface area contributed by atoms with Gasteiger partial charge in [-0.25, -0.2) is 0 Å². The van der Waals surface area contributed by atoms with Gasteiger partial charge in [0.05, 0.1) is 19.1 Å². The first kappa shape index (κ1) is 12.0. The number of likely N-dealkylation sites (N-methyl/N-ethyl adjacent to an activating group) is 1. The van der Waals surface area contributed by atoms with Crippen LogP contribution in [-0.4, -0.2) is 42.6 Å². The first-order valence-electron chi connectivity index (χ1n) is 5.02. The Labute approximate surface area is 89.8 Å². The zero-order valence-electron chi connectivity index (χ0n) is 9.19. The maximum absolute atomic E-state index is 12.0. The second-order valence-electron chi connectivity index (χ2n) is 4.09. The SMILES string of the molecule is CC(CC#N)N(C)C(=O)C1(N)CCOC1. The molecule has 2 atom stereocenters. The summed E-state index contributed by atoms with van der Waals surface area (Å²) in [4.78, 5) is 13.5. The van der Waals surface area contributed by atoms with Crippen molar-refractivity contribution < 1.29 is 9.53 Å². The molecule has 84 valence electrons. The number of ether oxygens (including phenoxy) is 1. The fourth-order valence-corrected chi connectivity index (χ4v) is 1.57. The van der Waals surface area contributed by atoms with Gasteiger partial charge in [-0.2, -0.15) is 5.26 Å². The maximum Gasteiger partial charge on any atom is 0.245 e. The summed E-state index contributed by atoms with van der Waals surface area (Å²) in [6.07, 6.45) is 0.870. The van der Waals surface area contributed by atoms with Gasteiger partial charge in [-0.1, -0.05) is 0 Å². The molecule has 0 spiro atoms. The molecule has 0 aromatic rings. The summed E-state index contributed by atoms with van der Waals surface area (Å²) < 4.78 is 5.13. The van der Waals surface area contributed by atoms with Gasteiger partial charge in [0.25, 0.3) is 0 Å². The largest absolute Gasteiger partial charge is 0.379 e. The van der Waals surface area contributed by atoms with Crippen molar-refractivity contribution >= 4 is 5.91 Å². The van der Waals surface area contributed by atoms with Crippen LogP contribution in [0, 0.1) is 11.3 Å². The van der Waals surface area contributed by atoms with Crippen LogP contribution in [0.25, 0.3) is 0 Å². The van der Waals surface area contributed by atoms with Gasteiger partial charge in [0.1, 0.15) is 5.54 Å². The molecular formula is C10H17N3O2. The van der Waals surface area contributed by atoms with Crippen LogP contribution in [0.3, 0.4) is 0 Å². The molecule has 5 heteroatoms. The summed E-state index contributed by atoms with van der Waals surface area (Å²) in [5.74, 6) is -0.136. The van der Waals surface area contributed by atoms with Crippen molar-refractivity contribution in [3.8, 4) is 6.07 Å². The molecule has 1 amide bonds. The minimum absolute atomic E-state index is 0.108. The van der Waals surface area contributed by atoms with Crippen LogP contribution in [-0.2, 0) is 9.53 Å². The lowest BCUT2D eigenvalue weighted by Gasteiger charge is -2.30. The minimum Gasteiger partial charge on any atom is -0.379 e. The first-order valence-corrected chi connectivity index (χ1v) is 5.02. The Balaban J connectivity index is 2.63. The molecule has 0 aromatic heterocycles. The van der Waals surface area contributed by atoms with E-state index in [4.69, 9.17) is 15.7 Å². The van der Waals surface area contributed by atoms with Crippen LogP contribution in [0.15, 0.2) is 0 Å². The normalized spacial score (nSPS) is 27.1. The monoisotopic (exact) mass is 211 g/mol. The highest BCUT2D eigenvalue weighted by Gasteiger charge is 2.40. The van der Waals surface area contributed by atoms with Crippen molar-refractivity contribution in [2.24, 2.45) is 5.73 Å². The van der Waals surface area contributed by atoms with Gasteiger partial charge in [-0.3, -0.25) is 4.79 Å². The number of hydrogen-bond acceptors (Lipinski definition) is 4. The zero-order chi connectivity index (χ0) is 11.5. The molecule has 0 bridgehead atoms. The average molecular weight is 211 g/mol. The summed E-state index contributed by atoms with van der Waals surface area (Å²) >= 11 is 0. The molecule has 15 heavy (non-hydrogen) atoms. The molecule has 2 unspecified atom stereocenters. The molecule has 1 fully saturated rings. The number of carbonyl (C=O) groups is 1. The smallest absolute Gasteiger partial charge is 0.245 e. The van der Waals surface area contributed by atoms with Crippen molar-refractivity contribution in [1.82, 2.24) is 4.90 Å². The third-order valence-corrected chi connectivity index (χ3v) is 2.85. The lowest BCUT2D eigenvalue weighted by Crippen LogP contribution is -2.56. The second kappa shape index (κ2) is 4.60. The summed E-state index contributed by atoms with van der Waals surface area (Å²) in [5.41, 5.74) is 5.05. The number of carbonyl (C=O) groups excluding carboxylic acids is 1. The zero-order valence-corrected chi connectivity index (χ0v) is 9.19. The Bertz CT molecular complexity index is 279. The van der Waals surface area contributed by atoms with Gasteiger partial charge >= 0.3 is 0 Å². The predicted octanol–water partition coefficient (Wildman–Crippen LogP) is -0.135. The van der Waals surface area contributed by atoms with E-state index in [1.165, 1.54) is 4.90 Å². The number of hydrogen-bond donors (Lipinski definition) is 1. The van der Waals surface area contributed by atoms with E-state index >= 15 is 0 Å². The Hall–Kier alpha value is -1.12. The highest BCUT2D eigenvalue weighted by atomic mass is 16.5. The number of nitrogens with two attached hydrogens (primary N) is 1. The van der Waals surface area contributed by atoms with Gasteiger partial charge in [-0.05, 0) is 13.3 Å². The van der Waals surface area contributed by atoms with Crippen molar-refractivity contribution in [2.75, 3.05) is 20.3 Å². The quantitative estimate of drug-likeness (QED) is 0.705. The second-order valence-corrected chi connectivity index (χ2v) is 4.09. The summed E-state index contributed by atoms with van der Waals surface area (Å²) in [7, 11) is 1.68. The molecule has 0 aromatic carbocycles. The molecule has 5 nitrogen and oxygen atoms in total. The lowest BCUT2D eigenvalue weighted by molar-refractivity contribution is -0.137. The minimum atomic E-state index is -0.890. The molecule has 1 saturated heterocycles. The summed E-state index contributed by atoms with van der Waals surface area (Å²) in [6, 6.07) is 1.93. The van der Waals surface area contributed by atoms with E-state index in [2.05, 4.69) is 0 Å². The standard InChI is InChI=1S/C10H17N3O2/c1-8(3-5-11)13(2)9(14)10(12)4-6-15-7-10/h8H,3-4,6-7,12H2,1-2H3. The number of nitrogens with zero attached hydrogens (tertiary/aromatic N) is 2. The van der Waals surface area contributed by atoms with Gasteiger partial charge in [0, 0.05) is 19.7 Å². The molecule has 2 N–H and O–H groups in total. The summed E-state index contributed by atoms with van der Waals surface area (Å²) in [6.45, 7) is 2.64. The number of nitriles is 1. The molecule has 1 rings (SSSR count). The fraction of sp³-hybridized carbons (Fsp3) is 0.800. The molecule has 1 aliphatic rings. The van der Waals surface area contributed by atoms with Crippen molar-refractivity contribution in [3.63, 3.8) is 0 Å². The topological polar surface area (TPSA) is 79.4 Å². The van der Waals surface area contributed by atoms with Gasteiger partial charge in [0.15, 0.2) is 0 Å². The van der Waals surface area contributed by atoms with Crippen molar-refractivity contribution in [2.45, 2.75) is 31.3 Å². The maximum atomic E-state index is 12.0. The highest BCUT2D eigenvalue weighted by Crippen LogP contribution is 2.19. The Morgan fingerprint density at radius 1 is 1.80 bits per heavy atom. The van der Waals surface area contributed by atoms with Crippen LogP contribution in [0.2, 0.25) is 0 Å². The third-order valence-electron chi connectivity index (χ3n) is 2.85. The molecular weight excluding hydrogens is 194 g/mol. The summed E-state index contributed by atoms with van der Waals surface area (Å²) in [5, 5.41) is 8.55. The van der Waals surface area contributed by atoms with Crippen LogP contribution >= 0.6 is 0 Å². The predicted molar refractivity (Wildman–Crippen MR) is 54.8 cm³/mol. The van der Waals surface area contributed by atoms with E-state index in [-0.39, 0.29) is 18.6 Å². The van der Waals surface area contributed by atoms with Crippen LogP contribution in [0.4, 0.5) is 0 Å². The van der Waals surface area contributed by atoms with E-state index < -0.39 is 5.54 Å². The Morgan fingerprint density at radius 3 is 2.93 bits per heavy atom. The molecule has 0 aliphatic carbocycles. The van der Waals surface area contributed by atoms with Crippen LogP contribution in [0.5, 0.6) is 0 Å². The fourth-order valence-electron chi connectivity index (χ4n) is 1.57. The number of amides is 1. The third kappa shape index (κ3) is 2.46. The van der Waals surface area contributed by atoms with Gasteiger partial charge in [-0.15, -0.1) is 0 Å². The molecule has 0 saturated carbocycles. The first-order chi connectivity index (χ1) is 7.01. The van der Waals surface area contributed by atoms with E-state index in [1.807, 2.05) is 13.0 Å².